The summed E-state index contributed by atoms with van der Waals surface area (Å²) >= 11 is 0. The maximum atomic E-state index is 12.8. The number of hydrogen-bond acceptors (Lipinski definition) is 3. The van der Waals surface area contributed by atoms with Crippen molar-refractivity contribution in [3.05, 3.63) is 42.0 Å². The van der Waals surface area contributed by atoms with Crippen molar-refractivity contribution in [2.75, 3.05) is 4.90 Å². The van der Waals surface area contributed by atoms with E-state index < -0.39 is 47.6 Å². The molecular formula is C15H10F3NO3. The maximum absolute atomic E-state index is 12.8. The molecule has 2 fully saturated rings. The predicted octanol–water partition coefficient (Wildman–Crippen LogP) is 2.15. The topological polar surface area (TPSA) is 46.6 Å². The van der Waals surface area contributed by atoms with E-state index in [1.807, 2.05) is 0 Å². The van der Waals surface area contributed by atoms with Gasteiger partial charge in [0, 0.05) is 0 Å². The highest BCUT2D eigenvalue weighted by molar-refractivity contribution is 6.23. The number of nitrogens with zero attached hydrogens (tertiary/aromatic N) is 1. The van der Waals surface area contributed by atoms with E-state index >= 15 is 0 Å². The standard InChI is InChI=1S/C15H10F3NO3/c16-15(17,18)7-2-1-3-8(6-7)19-13(20)11-9-4-5-10(22-9)12(11)14(19)21/h1-6,9-12H. The van der Waals surface area contributed by atoms with E-state index in [0.29, 0.717) is 0 Å². The van der Waals surface area contributed by atoms with Crippen LogP contribution in [0.1, 0.15) is 5.56 Å². The van der Waals surface area contributed by atoms with E-state index in [9.17, 15) is 22.8 Å². The van der Waals surface area contributed by atoms with Gasteiger partial charge in [-0.1, -0.05) is 18.2 Å². The Balaban J connectivity index is 1.73. The third-order valence-corrected chi connectivity index (χ3v) is 4.34. The lowest BCUT2D eigenvalue weighted by molar-refractivity contribution is -0.137. The van der Waals surface area contributed by atoms with Crippen molar-refractivity contribution in [1.82, 2.24) is 0 Å². The molecule has 0 aliphatic carbocycles. The molecule has 3 aliphatic rings. The van der Waals surface area contributed by atoms with Gasteiger partial charge in [-0.05, 0) is 18.2 Å². The Labute approximate surface area is 123 Å². The van der Waals surface area contributed by atoms with Gasteiger partial charge in [0.05, 0.1) is 35.3 Å². The van der Waals surface area contributed by atoms with Crippen molar-refractivity contribution in [3.8, 4) is 0 Å². The fourth-order valence-electron chi connectivity index (χ4n) is 3.38. The predicted molar refractivity (Wildman–Crippen MR) is 68.7 cm³/mol. The second-order valence-electron chi connectivity index (χ2n) is 5.56. The fourth-order valence-corrected chi connectivity index (χ4v) is 3.38. The molecule has 4 rings (SSSR count). The second-order valence-corrected chi connectivity index (χ2v) is 5.56. The molecule has 3 heterocycles. The van der Waals surface area contributed by atoms with Crippen molar-refractivity contribution < 1.29 is 27.5 Å². The minimum atomic E-state index is -4.53. The molecule has 3 aliphatic heterocycles. The smallest absolute Gasteiger partial charge is 0.365 e. The lowest BCUT2D eigenvalue weighted by Crippen LogP contribution is -2.34. The van der Waals surface area contributed by atoms with Crippen LogP contribution >= 0.6 is 0 Å². The number of hydrogen-bond donors (Lipinski definition) is 0. The minimum Gasteiger partial charge on any atom is -0.365 e. The Morgan fingerprint density at radius 1 is 1.00 bits per heavy atom. The van der Waals surface area contributed by atoms with Gasteiger partial charge >= 0.3 is 6.18 Å². The second kappa shape index (κ2) is 4.19. The number of anilines is 1. The van der Waals surface area contributed by atoms with Crippen LogP contribution < -0.4 is 4.90 Å². The van der Waals surface area contributed by atoms with Crippen LogP contribution in [0.25, 0.3) is 0 Å². The number of benzene rings is 1. The maximum Gasteiger partial charge on any atom is 0.416 e. The van der Waals surface area contributed by atoms with Gasteiger partial charge in [-0.2, -0.15) is 13.2 Å². The molecule has 2 amide bonds. The molecule has 4 unspecified atom stereocenters. The summed E-state index contributed by atoms with van der Waals surface area (Å²) in [6.07, 6.45) is -1.98. The van der Waals surface area contributed by atoms with Crippen LogP contribution in [0.3, 0.4) is 0 Å². The molecule has 22 heavy (non-hydrogen) atoms. The normalized spacial score (nSPS) is 33.0. The number of fused-ring (bicyclic) bond motifs is 5. The zero-order valence-corrected chi connectivity index (χ0v) is 11.1. The van der Waals surface area contributed by atoms with E-state index in [2.05, 4.69) is 0 Å². The van der Waals surface area contributed by atoms with Crippen LogP contribution in [-0.4, -0.2) is 24.0 Å². The van der Waals surface area contributed by atoms with Crippen LogP contribution in [-0.2, 0) is 20.5 Å². The van der Waals surface area contributed by atoms with Gasteiger partial charge in [0.2, 0.25) is 11.8 Å². The van der Waals surface area contributed by atoms with Crippen LogP contribution in [0.2, 0.25) is 0 Å². The molecule has 2 saturated heterocycles. The SMILES string of the molecule is O=C1C2C3C=CC(O3)C2C(=O)N1c1cccc(C(F)(F)F)c1. The molecule has 114 valence electrons. The van der Waals surface area contributed by atoms with Gasteiger partial charge in [-0.3, -0.25) is 9.59 Å². The van der Waals surface area contributed by atoms with Crippen molar-refractivity contribution in [1.29, 1.82) is 0 Å². The summed E-state index contributed by atoms with van der Waals surface area (Å²) in [6, 6.07) is 4.26. The van der Waals surface area contributed by atoms with Gasteiger partial charge in [0.15, 0.2) is 0 Å². The Bertz CT molecular complexity index is 682. The quantitative estimate of drug-likeness (QED) is 0.590. The van der Waals surface area contributed by atoms with Crippen LogP contribution in [0.15, 0.2) is 36.4 Å². The van der Waals surface area contributed by atoms with E-state index in [4.69, 9.17) is 4.74 Å². The zero-order chi connectivity index (χ0) is 15.6. The molecule has 0 radical (unpaired) electrons. The highest BCUT2D eigenvalue weighted by Crippen LogP contribution is 2.46. The monoisotopic (exact) mass is 309 g/mol. The largest absolute Gasteiger partial charge is 0.416 e. The summed E-state index contributed by atoms with van der Waals surface area (Å²) in [5, 5.41) is 0. The number of carbonyl (C=O) groups is 2. The summed E-state index contributed by atoms with van der Waals surface area (Å²) in [6.45, 7) is 0. The first-order chi connectivity index (χ1) is 10.4. The Kier molecular flexibility index (Phi) is 2.57. The molecule has 0 N–H and O–H groups in total. The van der Waals surface area contributed by atoms with Gasteiger partial charge in [0.1, 0.15) is 0 Å². The lowest BCUT2D eigenvalue weighted by Gasteiger charge is -2.18. The Morgan fingerprint density at radius 3 is 2.14 bits per heavy atom. The van der Waals surface area contributed by atoms with E-state index in [1.165, 1.54) is 12.1 Å². The lowest BCUT2D eigenvalue weighted by atomic mass is 9.85. The number of halogens is 3. The molecular weight excluding hydrogens is 299 g/mol. The highest BCUT2D eigenvalue weighted by Gasteiger charge is 2.61. The zero-order valence-electron chi connectivity index (χ0n) is 11.1. The fraction of sp³-hybridized carbons (Fsp3) is 0.333. The van der Waals surface area contributed by atoms with E-state index in [1.54, 1.807) is 12.2 Å². The summed E-state index contributed by atoms with van der Waals surface area (Å²) in [5.41, 5.74) is -0.932. The molecule has 7 heteroatoms. The summed E-state index contributed by atoms with van der Waals surface area (Å²) in [5.74, 6) is -2.24. The molecule has 2 bridgehead atoms. The minimum absolute atomic E-state index is 0.0429. The number of amides is 2. The van der Waals surface area contributed by atoms with Crippen molar-refractivity contribution in [3.63, 3.8) is 0 Å². The first-order valence-corrected chi connectivity index (χ1v) is 6.77. The van der Waals surface area contributed by atoms with E-state index in [-0.39, 0.29) is 5.69 Å². The van der Waals surface area contributed by atoms with Crippen molar-refractivity contribution >= 4 is 17.5 Å². The molecule has 1 aromatic carbocycles. The highest BCUT2D eigenvalue weighted by atomic mass is 19.4. The van der Waals surface area contributed by atoms with Crippen LogP contribution in [0, 0.1) is 11.8 Å². The summed E-state index contributed by atoms with van der Waals surface area (Å²) in [7, 11) is 0. The molecule has 4 atom stereocenters. The third kappa shape index (κ3) is 1.68. The van der Waals surface area contributed by atoms with Gasteiger partial charge in [-0.25, -0.2) is 4.90 Å². The Morgan fingerprint density at radius 2 is 1.59 bits per heavy atom. The average molecular weight is 309 g/mol. The summed E-state index contributed by atoms with van der Waals surface area (Å²) in [4.78, 5) is 25.8. The number of alkyl halides is 3. The first kappa shape index (κ1) is 13.5. The number of ether oxygens (including phenoxy) is 1. The number of rotatable bonds is 1. The van der Waals surface area contributed by atoms with Gasteiger partial charge < -0.3 is 4.74 Å². The molecule has 1 aromatic rings. The van der Waals surface area contributed by atoms with Gasteiger partial charge in [0.25, 0.3) is 0 Å². The van der Waals surface area contributed by atoms with Crippen LogP contribution in [0.5, 0.6) is 0 Å². The first-order valence-electron chi connectivity index (χ1n) is 6.77. The molecule has 0 spiro atoms. The molecule has 0 saturated carbocycles. The average Bonchev–Trinajstić information content (AvgIpc) is 3.12. The number of imide groups is 1. The number of carbonyl (C=O) groups excluding carboxylic acids is 2. The van der Waals surface area contributed by atoms with Gasteiger partial charge in [-0.15, -0.1) is 0 Å². The third-order valence-electron chi connectivity index (χ3n) is 4.34. The summed E-state index contributed by atoms with van der Waals surface area (Å²) < 4.78 is 43.9. The van der Waals surface area contributed by atoms with Crippen molar-refractivity contribution in [2.24, 2.45) is 11.8 Å². The van der Waals surface area contributed by atoms with Crippen molar-refractivity contribution in [2.45, 2.75) is 18.4 Å². The van der Waals surface area contributed by atoms with Crippen LogP contribution in [0.4, 0.5) is 18.9 Å². The molecule has 4 nitrogen and oxygen atoms in total. The van der Waals surface area contributed by atoms with E-state index in [0.717, 1.165) is 17.0 Å². The molecule has 0 aromatic heterocycles. The Hall–Kier alpha value is -2.15.